The van der Waals surface area contributed by atoms with Crippen LogP contribution in [0.4, 0.5) is 0 Å². The van der Waals surface area contributed by atoms with E-state index in [1.54, 1.807) is 12.2 Å². The smallest absolute Gasteiger partial charge is 0.197 e. The number of ether oxygens (including phenoxy) is 1. The molecule has 0 heterocycles. The molecule has 0 fully saturated rings. The molecule has 0 rings (SSSR count). The van der Waals surface area contributed by atoms with Crippen molar-refractivity contribution < 1.29 is 25.2 Å². The van der Waals surface area contributed by atoms with Crippen LogP contribution in [-0.2, 0) is 4.74 Å². The molecule has 0 saturated carbocycles. The molecule has 4 unspecified atom stereocenters. The molecule has 136 valence electrons. The van der Waals surface area contributed by atoms with Gasteiger partial charge in [-0.3, -0.25) is 9.80 Å². The molecule has 0 aliphatic rings. The van der Waals surface area contributed by atoms with Crippen molar-refractivity contribution in [2.45, 2.75) is 79.3 Å². The number of allylic oxidation sites excluding steroid dienone is 2. The van der Waals surface area contributed by atoms with Crippen LogP contribution in [0.3, 0.4) is 0 Å². The van der Waals surface area contributed by atoms with Crippen LogP contribution in [0.5, 0.6) is 0 Å². The molecule has 0 aromatic heterocycles. The lowest BCUT2D eigenvalue weighted by atomic mass is 10.3. The molecule has 0 aromatic rings. The highest BCUT2D eigenvalue weighted by Gasteiger charge is 2.26. The summed E-state index contributed by atoms with van der Waals surface area (Å²) in [6.07, 6.45) is 0.785. The molecule has 7 nitrogen and oxygen atoms in total. The van der Waals surface area contributed by atoms with Crippen molar-refractivity contribution in [3.8, 4) is 0 Å². The van der Waals surface area contributed by atoms with Crippen molar-refractivity contribution in [3.63, 3.8) is 0 Å². The zero-order valence-corrected chi connectivity index (χ0v) is 15.0. The summed E-state index contributed by atoms with van der Waals surface area (Å²) in [5, 5.41) is 39.6. The van der Waals surface area contributed by atoms with Crippen LogP contribution in [0.2, 0.25) is 0 Å². The minimum absolute atomic E-state index is 0.253. The standard InChI is InChI=1S/C16H32N2O5/c1-7-9-15(17(11(3)19)12(4)20)23-16(10-8-2)18(13(5)21)14(6)22/h9-14,19-22H,7-8H2,1-6H3/b15-9-,16-10-. The molecule has 0 spiro atoms. The van der Waals surface area contributed by atoms with Crippen molar-refractivity contribution in [1.29, 1.82) is 0 Å². The Kier molecular flexibility index (Phi) is 9.90. The van der Waals surface area contributed by atoms with Gasteiger partial charge < -0.3 is 25.2 Å². The molecule has 7 heteroatoms. The predicted octanol–water partition coefficient (Wildman–Crippen LogP) is 1.46. The first-order valence-corrected chi connectivity index (χ1v) is 8.04. The fourth-order valence-corrected chi connectivity index (χ4v) is 2.22. The van der Waals surface area contributed by atoms with Crippen LogP contribution in [0.15, 0.2) is 23.9 Å². The zero-order chi connectivity index (χ0) is 18.2. The monoisotopic (exact) mass is 332 g/mol. The lowest BCUT2D eigenvalue weighted by Crippen LogP contribution is -2.43. The van der Waals surface area contributed by atoms with Gasteiger partial charge in [0.1, 0.15) is 24.9 Å². The van der Waals surface area contributed by atoms with E-state index in [0.717, 1.165) is 0 Å². The third kappa shape index (κ3) is 6.78. The topological polar surface area (TPSA) is 96.6 Å². The van der Waals surface area contributed by atoms with Gasteiger partial charge in [-0.15, -0.1) is 0 Å². The zero-order valence-electron chi connectivity index (χ0n) is 15.0. The van der Waals surface area contributed by atoms with Gasteiger partial charge in [0.25, 0.3) is 0 Å². The Balaban J connectivity index is 5.66. The number of rotatable bonds is 10. The van der Waals surface area contributed by atoms with E-state index in [1.807, 2.05) is 13.8 Å². The lowest BCUT2D eigenvalue weighted by molar-refractivity contribution is -0.120. The first-order valence-electron chi connectivity index (χ1n) is 8.04. The minimum atomic E-state index is -0.970. The van der Waals surface area contributed by atoms with Crippen LogP contribution < -0.4 is 0 Å². The van der Waals surface area contributed by atoms with Crippen LogP contribution in [0.1, 0.15) is 54.4 Å². The molecule has 0 aromatic carbocycles. The fraction of sp³-hybridized carbons (Fsp3) is 0.750. The Morgan fingerprint density at radius 3 is 1.17 bits per heavy atom. The van der Waals surface area contributed by atoms with Gasteiger partial charge in [0.15, 0.2) is 11.8 Å². The quantitative estimate of drug-likeness (QED) is 0.355. The van der Waals surface area contributed by atoms with Crippen LogP contribution >= 0.6 is 0 Å². The molecule has 0 bridgehead atoms. The van der Waals surface area contributed by atoms with Crippen LogP contribution in [-0.4, -0.2) is 55.1 Å². The third-order valence-corrected chi connectivity index (χ3v) is 3.09. The molecule has 23 heavy (non-hydrogen) atoms. The lowest BCUT2D eigenvalue weighted by Gasteiger charge is -2.36. The highest BCUT2D eigenvalue weighted by molar-refractivity contribution is 5.03. The summed E-state index contributed by atoms with van der Waals surface area (Å²) in [5.41, 5.74) is 0. The van der Waals surface area contributed by atoms with Gasteiger partial charge >= 0.3 is 0 Å². The summed E-state index contributed by atoms with van der Waals surface area (Å²) in [7, 11) is 0. The van der Waals surface area contributed by atoms with E-state index >= 15 is 0 Å². The molecule has 0 aliphatic carbocycles. The van der Waals surface area contributed by atoms with E-state index in [-0.39, 0.29) is 11.8 Å². The van der Waals surface area contributed by atoms with Crippen molar-refractivity contribution in [3.05, 3.63) is 23.9 Å². The Morgan fingerprint density at radius 1 is 0.739 bits per heavy atom. The highest BCUT2D eigenvalue weighted by atomic mass is 16.5. The predicted molar refractivity (Wildman–Crippen MR) is 88.2 cm³/mol. The fourth-order valence-electron chi connectivity index (χ4n) is 2.22. The van der Waals surface area contributed by atoms with E-state index in [0.29, 0.717) is 12.8 Å². The molecular formula is C16H32N2O5. The first-order chi connectivity index (χ1) is 10.7. The maximum atomic E-state index is 9.89. The number of nitrogens with zero attached hydrogens (tertiary/aromatic N) is 2. The molecule has 0 aliphatic heterocycles. The molecule has 0 saturated heterocycles. The van der Waals surface area contributed by atoms with Crippen molar-refractivity contribution >= 4 is 0 Å². The number of hydrogen-bond donors (Lipinski definition) is 4. The largest absolute Gasteiger partial charge is 0.425 e. The third-order valence-electron chi connectivity index (χ3n) is 3.09. The summed E-state index contributed by atoms with van der Waals surface area (Å²) in [5.74, 6) is 0.506. The molecule has 0 amide bonds. The van der Waals surface area contributed by atoms with E-state index in [1.165, 1.54) is 37.5 Å². The van der Waals surface area contributed by atoms with Crippen LogP contribution in [0.25, 0.3) is 0 Å². The summed E-state index contributed by atoms with van der Waals surface area (Å²) < 4.78 is 5.83. The first kappa shape index (κ1) is 21.7. The van der Waals surface area contributed by atoms with Crippen molar-refractivity contribution in [2.24, 2.45) is 0 Å². The van der Waals surface area contributed by atoms with Crippen molar-refractivity contribution in [1.82, 2.24) is 9.80 Å². The average molecular weight is 332 g/mol. The second-order valence-corrected chi connectivity index (χ2v) is 5.35. The summed E-state index contributed by atoms with van der Waals surface area (Å²) in [6, 6.07) is 0. The van der Waals surface area contributed by atoms with E-state index in [4.69, 9.17) is 4.74 Å². The average Bonchev–Trinajstić information content (AvgIpc) is 2.37. The van der Waals surface area contributed by atoms with Gasteiger partial charge in [-0.25, -0.2) is 0 Å². The minimum Gasteiger partial charge on any atom is -0.425 e. The van der Waals surface area contributed by atoms with Crippen molar-refractivity contribution in [2.75, 3.05) is 0 Å². The molecule has 0 radical (unpaired) electrons. The Hall–Kier alpha value is -1.28. The van der Waals surface area contributed by atoms with E-state index in [9.17, 15) is 20.4 Å². The second-order valence-electron chi connectivity index (χ2n) is 5.35. The van der Waals surface area contributed by atoms with Crippen LogP contribution in [0, 0.1) is 0 Å². The molecular weight excluding hydrogens is 300 g/mol. The number of aliphatic hydroxyl groups excluding tert-OH is 4. The summed E-state index contributed by atoms with van der Waals surface area (Å²) >= 11 is 0. The van der Waals surface area contributed by atoms with Gasteiger partial charge in [-0.05, 0) is 52.7 Å². The summed E-state index contributed by atoms with van der Waals surface area (Å²) in [4.78, 5) is 2.60. The highest BCUT2D eigenvalue weighted by Crippen LogP contribution is 2.22. The Labute approximate surface area is 139 Å². The van der Waals surface area contributed by atoms with Gasteiger partial charge in [0.2, 0.25) is 0 Å². The maximum Gasteiger partial charge on any atom is 0.197 e. The van der Waals surface area contributed by atoms with Gasteiger partial charge in [0.05, 0.1) is 0 Å². The SMILES string of the molecule is CC/C=C(\O/C(=C\CC)N(C(C)O)C(C)O)N(C(C)O)C(C)O. The van der Waals surface area contributed by atoms with Gasteiger partial charge in [-0.2, -0.15) is 0 Å². The maximum absolute atomic E-state index is 9.89. The summed E-state index contributed by atoms with van der Waals surface area (Å²) in [6.45, 7) is 9.87. The van der Waals surface area contributed by atoms with Gasteiger partial charge in [0, 0.05) is 0 Å². The number of aliphatic hydroxyl groups is 4. The molecule has 4 N–H and O–H groups in total. The second kappa shape index (κ2) is 10.5. The van der Waals surface area contributed by atoms with Gasteiger partial charge in [-0.1, -0.05) is 13.8 Å². The Morgan fingerprint density at radius 2 is 1.00 bits per heavy atom. The van der Waals surface area contributed by atoms with E-state index < -0.39 is 24.9 Å². The van der Waals surface area contributed by atoms with E-state index in [2.05, 4.69) is 0 Å². The normalized spacial score (nSPS) is 18.2. The molecule has 4 atom stereocenters. The Bertz CT molecular complexity index is 340. The number of hydrogen-bond acceptors (Lipinski definition) is 7.